The molecule has 0 saturated carbocycles. The van der Waals surface area contributed by atoms with E-state index < -0.39 is 0 Å². The third-order valence-electron chi connectivity index (χ3n) is 1.70. The number of ether oxygens (including phenoxy) is 2. The van der Waals surface area contributed by atoms with Gasteiger partial charge in [-0.15, -0.1) is 0 Å². The van der Waals surface area contributed by atoms with E-state index in [1.807, 2.05) is 31.2 Å². The molecular formula is C10H13BrO2. The highest BCUT2D eigenvalue weighted by Crippen LogP contribution is 2.16. The highest BCUT2D eigenvalue weighted by Gasteiger charge is 1.99. The fraction of sp³-hybridized carbons (Fsp3) is 0.400. The molecule has 3 heteroatoms. The second kappa shape index (κ2) is 5.25. The van der Waals surface area contributed by atoms with Crippen molar-refractivity contribution in [3.8, 4) is 5.75 Å². The van der Waals surface area contributed by atoms with E-state index in [-0.39, 0.29) is 6.10 Å². The molecule has 0 fully saturated rings. The molecule has 0 aliphatic carbocycles. The predicted octanol–water partition coefficient (Wildman–Crippen LogP) is 2.86. The maximum absolute atomic E-state index is 5.47. The van der Waals surface area contributed by atoms with Crippen molar-refractivity contribution in [1.82, 2.24) is 0 Å². The van der Waals surface area contributed by atoms with Crippen molar-refractivity contribution in [1.29, 1.82) is 0 Å². The summed E-state index contributed by atoms with van der Waals surface area (Å²) in [6, 6.07) is 7.75. The maximum atomic E-state index is 5.47. The quantitative estimate of drug-likeness (QED) is 0.812. The third kappa shape index (κ3) is 3.79. The lowest BCUT2D eigenvalue weighted by atomic mass is 10.3. The molecule has 0 aliphatic heterocycles. The zero-order valence-corrected chi connectivity index (χ0v) is 9.37. The summed E-state index contributed by atoms with van der Waals surface area (Å²) in [5, 5.41) is 0. The fourth-order valence-corrected chi connectivity index (χ4v) is 1.08. The Balaban J connectivity index is 2.41. The summed E-state index contributed by atoms with van der Waals surface area (Å²) in [4.78, 5) is 0. The van der Waals surface area contributed by atoms with E-state index in [9.17, 15) is 0 Å². The molecule has 1 aromatic rings. The zero-order chi connectivity index (χ0) is 9.68. The van der Waals surface area contributed by atoms with Crippen molar-refractivity contribution in [2.75, 3.05) is 13.7 Å². The van der Waals surface area contributed by atoms with Gasteiger partial charge in [-0.1, -0.05) is 15.9 Å². The van der Waals surface area contributed by atoms with Crippen molar-refractivity contribution in [2.45, 2.75) is 13.0 Å². The minimum absolute atomic E-state index is 0.128. The Bertz CT molecular complexity index is 246. The normalized spacial score (nSPS) is 12.5. The first-order valence-corrected chi connectivity index (χ1v) is 4.93. The summed E-state index contributed by atoms with van der Waals surface area (Å²) in [5.74, 6) is 0.868. The summed E-state index contributed by atoms with van der Waals surface area (Å²) in [6.07, 6.45) is 0.128. The van der Waals surface area contributed by atoms with Crippen LogP contribution in [0.2, 0.25) is 0 Å². The van der Waals surface area contributed by atoms with Crippen LogP contribution in [0.5, 0.6) is 5.75 Å². The minimum atomic E-state index is 0.128. The monoisotopic (exact) mass is 244 g/mol. The van der Waals surface area contributed by atoms with E-state index in [0.29, 0.717) is 6.61 Å². The van der Waals surface area contributed by atoms with E-state index >= 15 is 0 Å². The van der Waals surface area contributed by atoms with Crippen LogP contribution in [0.4, 0.5) is 0 Å². The standard InChI is InChI=1S/C10H13BrO2/c1-8(12-2)7-13-10-5-3-9(11)4-6-10/h3-6,8H,7H2,1-2H3/t8-/m0/s1. The topological polar surface area (TPSA) is 18.5 Å². The van der Waals surface area contributed by atoms with Gasteiger partial charge in [-0.3, -0.25) is 0 Å². The van der Waals surface area contributed by atoms with Crippen molar-refractivity contribution in [3.05, 3.63) is 28.7 Å². The van der Waals surface area contributed by atoms with E-state index in [0.717, 1.165) is 10.2 Å². The van der Waals surface area contributed by atoms with Gasteiger partial charge in [0.1, 0.15) is 12.4 Å². The number of hydrogen-bond acceptors (Lipinski definition) is 2. The Morgan fingerprint density at radius 1 is 1.31 bits per heavy atom. The number of benzene rings is 1. The van der Waals surface area contributed by atoms with Crippen LogP contribution in [0.3, 0.4) is 0 Å². The average Bonchev–Trinajstić information content (AvgIpc) is 2.16. The second-order valence-electron chi connectivity index (χ2n) is 2.81. The third-order valence-corrected chi connectivity index (χ3v) is 2.23. The molecule has 0 bridgehead atoms. The van der Waals surface area contributed by atoms with Gasteiger partial charge < -0.3 is 9.47 Å². The number of methoxy groups -OCH3 is 1. The highest BCUT2D eigenvalue weighted by molar-refractivity contribution is 9.10. The lowest BCUT2D eigenvalue weighted by Crippen LogP contribution is -2.15. The van der Waals surface area contributed by atoms with Crippen LogP contribution in [-0.2, 0) is 4.74 Å². The second-order valence-corrected chi connectivity index (χ2v) is 3.73. The molecule has 1 rings (SSSR count). The van der Waals surface area contributed by atoms with Crippen molar-refractivity contribution >= 4 is 15.9 Å². The first-order chi connectivity index (χ1) is 6.22. The lowest BCUT2D eigenvalue weighted by molar-refractivity contribution is 0.0716. The Labute approximate surface area is 87.0 Å². The summed E-state index contributed by atoms with van der Waals surface area (Å²) < 4.78 is 11.6. The van der Waals surface area contributed by atoms with E-state index in [1.54, 1.807) is 7.11 Å². The number of hydrogen-bond donors (Lipinski definition) is 0. The van der Waals surface area contributed by atoms with Crippen molar-refractivity contribution in [3.63, 3.8) is 0 Å². The van der Waals surface area contributed by atoms with Crippen LogP contribution in [0.1, 0.15) is 6.92 Å². The number of rotatable bonds is 4. The van der Waals surface area contributed by atoms with Gasteiger partial charge >= 0.3 is 0 Å². The van der Waals surface area contributed by atoms with Crippen LogP contribution < -0.4 is 4.74 Å². The molecule has 0 heterocycles. The molecule has 1 atom stereocenters. The number of halogens is 1. The summed E-state index contributed by atoms with van der Waals surface area (Å²) >= 11 is 3.36. The predicted molar refractivity (Wildman–Crippen MR) is 56.1 cm³/mol. The van der Waals surface area contributed by atoms with Gasteiger partial charge in [-0.05, 0) is 31.2 Å². The largest absolute Gasteiger partial charge is 0.491 e. The highest BCUT2D eigenvalue weighted by atomic mass is 79.9. The van der Waals surface area contributed by atoms with Crippen LogP contribution in [0.25, 0.3) is 0 Å². The molecule has 2 nitrogen and oxygen atoms in total. The van der Waals surface area contributed by atoms with Gasteiger partial charge in [0, 0.05) is 11.6 Å². The molecule has 0 radical (unpaired) electrons. The lowest BCUT2D eigenvalue weighted by Gasteiger charge is -2.11. The molecule has 13 heavy (non-hydrogen) atoms. The first kappa shape index (κ1) is 10.5. The smallest absolute Gasteiger partial charge is 0.119 e. The molecule has 0 unspecified atom stereocenters. The Hall–Kier alpha value is -0.540. The molecule has 0 N–H and O–H groups in total. The van der Waals surface area contributed by atoms with Gasteiger partial charge in [0.25, 0.3) is 0 Å². The first-order valence-electron chi connectivity index (χ1n) is 4.13. The fourth-order valence-electron chi connectivity index (χ4n) is 0.812. The van der Waals surface area contributed by atoms with E-state index in [2.05, 4.69) is 15.9 Å². The van der Waals surface area contributed by atoms with Gasteiger partial charge in [0.2, 0.25) is 0 Å². The van der Waals surface area contributed by atoms with Gasteiger partial charge in [0.15, 0.2) is 0 Å². The van der Waals surface area contributed by atoms with Crippen LogP contribution in [-0.4, -0.2) is 19.8 Å². The molecule has 1 aromatic carbocycles. The average molecular weight is 245 g/mol. The SMILES string of the molecule is CO[C@@H](C)COc1ccc(Br)cc1. The van der Waals surface area contributed by atoms with Crippen molar-refractivity contribution < 1.29 is 9.47 Å². The Kier molecular flexibility index (Phi) is 4.25. The molecule has 0 amide bonds. The van der Waals surface area contributed by atoms with Gasteiger partial charge in [-0.25, -0.2) is 0 Å². The molecule has 0 saturated heterocycles. The molecule has 0 aliphatic rings. The minimum Gasteiger partial charge on any atom is -0.491 e. The Morgan fingerprint density at radius 3 is 2.46 bits per heavy atom. The summed E-state index contributed by atoms with van der Waals surface area (Å²) in [5.41, 5.74) is 0. The molecule has 72 valence electrons. The van der Waals surface area contributed by atoms with E-state index in [1.165, 1.54) is 0 Å². The van der Waals surface area contributed by atoms with Gasteiger partial charge in [-0.2, -0.15) is 0 Å². The van der Waals surface area contributed by atoms with Crippen LogP contribution in [0.15, 0.2) is 28.7 Å². The van der Waals surface area contributed by atoms with Gasteiger partial charge in [0.05, 0.1) is 6.10 Å². The molecular weight excluding hydrogens is 232 g/mol. The zero-order valence-electron chi connectivity index (χ0n) is 7.79. The summed E-state index contributed by atoms with van der Waals surface area (Å²) in [6.45, 7) is 2.55. The molecule has 0 spiro atoms. The maximum Gasteiger partial charge on any atom is 0.119 e. The van der Waals surface area contributed by atoms with Crippen LogP contribution >= 0.6 is 15.9 Å². The van der Waals surface area contributed by atoms with Crippen LogP contribution in [0, 0.1) is 0 Å². The van der Waals surface area contributed by atoms with E-state index in [4.69, 9.17) is 9.47 Å². The Morgan fingerprint density at radius 2 is 1.92 bits per heavy atom. The summed E-state index contributed by atoms with van der Waals surface area (Å²) in [7, 11) is 1.68. The van der Waals surface area contributed by atoms with Crippen molar-refractivity contribution in [2.24, 2.45) is 0 Å². The molecule has 0 aromatic heterocycles.